The molecule has 2 saturated heterocycles. The molecule has 0 unspecified atom stereocenters. The maximum atomic E-state index is 13.0. The molecule has 31 heavy (non-hydrogen) atoms. The molecule has 0 aliphatic carbocycles. The third-order valence-corrected chi connectivity index (χ3v) is 8.48. The molecule has 0 saturated carbocycles. The summed E-state index contributed by atoms with van der Waals surface area (Å²) >= 11 is 0. The summed E-state index contributed by atoms with van der Waals surface area (Å²) in [7, 11) is -3.61. The molecule has 0 atom stereocenters. The number of rotatable bonds is 4. The Kier molecular flexibility index (Phi) is 5.10. The number of H-pyrrole nitrogens is 1. The summed E-state index contributed by atoms with van der Waals surface area (Å²) in [5.74, 6) is 0.484. The number of nitrogens with one attached hydrogen (secondary N) is 1. The number of aromatic amines is 1. The highest BCUT2D eigenvalue weighted by atomic mass is 32.2. The molecule has 3 aromatic rings. The van der Waals surface area contributed by atoms with E-state index < -0.39 is 10.0 Å². The number of fused-ring (bicyclic) bond motifs is 1. The van der Waals surface area contributed by atoms with Crippen LogP contribution >= 0.6 is 0 Å². The summed E-state index contributed by atoms with van der Waals surface area (Å²) in [6, 6.07) is 5.41. The van der Waals surface area contributed by atoms with Gasteiger partial charge in [-0.2, -0.15) is 4.31 Å². The molecule has 2 aliphatic rings. The first-order valence-corrected chi connectivity index (χ1v) is 12.2. The average molecular weight is 443 g/mol. The van der Waals surface area contributed by atoms with E-state index in [4.69, 9.17) is 4.42 Å². The van der Waals surface area contributed by atoms with E-state index in [1.165, 1.54) is 15.9 Å². The molecule has 2 aliphatic heterocycles. The molecule has 9 heteroatoms. The van der Waals surface area contributed by atoms with Crippen LogP contribution in [0.3, 0.4) is 0 Å². The molecule has 5 rings (SSSR count). The first-order valence-electron chi connectivity index (χ1n) is 10.8. The smallest absolute Gasteiger partial charge is 0.289 e. The van der Waals surface area contributed by atoms with Crippen LogP contribution in [0.2, 0.25) is 0 Å². The molecule has 5 heterocycles. The van der Waals surface area contributed by atoms with Crippen molar-refractivity contribution in [2.45, 2.75) is 43.4 Å². The van der Waals surface area contributed by atoms with E-state index >= 15 is 0 Å². The van der Waals surface area contributed by atoms with Crippen LogP contribution in [-0.4, -0.2) is 59.7 Å². The third kappa shape index (κ3) is 3.55. The van der Waals surface area contributed by atoms with E-state index in [0.29, 0.717) is 32.1 Å². The van der Waals surface area contributed by atoms with Gasteiger partial charge in [-0.05, 0) is 56.2 Å². The summed E-state index contributed by atoms with van der Waals surface area (Å²) in [4.78, 5) is 22.5. The molecule has 8 nitrogen and oxygen atoms in total. The van der Waals surface area contributed by atoms with Gasteiger partial charge in [-0.25, -0.2) is 13.4 Å². The third-order valence-electron chi connectivity index (χ3n) is 6.47. The molecule has 0 spiro atoms. The predicted octanol–water partition coefficient (Wildman–Crippen LogP) is 3.27. The summed E-state index contributed by atoms with van der Waals surface area (Å²) in [6.45, 7) is 3.85. The second-order valence-electron chi connectivity index (χ2n) is 8.35. The second-order valence-corrected chi connectivity index (χ2v) is 10.3. The van der Waals surface area contributed by atoms with Crippen LogP contribution in [0.1, 0.15) is 53.5 Å². The van der Waals surface area contributed by atoms with Crippen molar-refractivity contribution in [3.8, 4) is 0 Å². The number of aromatic nitrogens is 2. The van der Waals surface area contributed by atoms with E-state index in [1.807, 2.05) is 12.3 Å². The minimum Gasteiger partial charge on any atom is -0.455 e. The number of carbonyl (C=O) groups excluding carboxylic acids is 1. The number of likely N-dealkylation sites (tertiary alicyclic amines) is 1. The van der Waals surface area contributed by atoms with E-state index in [9.17, 15) is 13.2 Å². The van der Waals surface area contributed by atoms with Crippen LogP contribution in [0.25, 0.3) is 11.0 Å². The molecule has 1 amide bonds. The maximum absolute atomic E-state index is 13.0. The Morgan fingerprint density at radius 2 is 1.94 bits per heavy atom. The summed E-state index contributed by atoms with van der Waals surface area (Å²) < 4.78 is 32.9. The minimum absolute atomic E-state index is 0.102. The first-order chi connectivity index (χ1) is 14.9. The number of hydrogen-bond acceptors (Lipinski definition) is 5. The van der Waals surface area contributed by atoms with Crippen molar-refractivity contribution in [2.75, 3.05) is 26.2 Å². The lowest BCUT2D eigenvalue weighted by atomic mass is 9.89. The lowest BCUT2D eigenvalue weighted by molar-refractivity contribution is 0.0679. The van der Waals surface area contributed by atoms with Crippen molar-refractivity contribution in [3.05, 3.63) is 47.7 Å². The van der Waals surface area contributed by atoms with E-state index in [0.717, 1.165) is 36.7 Å². The number of carbonyl (C=O) groups is 1. The molecule has 1 N–H and O–H groups in total. The van der Waals surface area contributed by atoms with Crippen LogP contribution in [0, 0.1) is 6.92 Å². The molecule has 3 aromatic heterocycles. The zero-order chi connectivity index (χ0) is 21.6. The second kappa shape index (κ2) is 7.80. The maximum Gasteiger partial charge on any atom is 0.289 e. The van der Waals surface area contributed by atoms with Crippen molar-refractivity contribution < 1.29 is 17.6 Å². The Morgan fingerprint density at radius 1 is 1.19 bits per heavy atom. The van der Waals surface area contributed by atoms with Gasteiger partial charge in [0.25, 0.3) is 5.91 Å². The quantitative estimate of drug-likeness (QED) is 0.669. The number of amides is 1. The summed E-state index contributed by atoms with van der Waals surface area (Å²) in [5, 5.41) is 1.13. The van der Waals surface area contributed by atoms with Gasteiger partial charge in [0.05, 0.1) is 0 Å². The molecular formula is C22H26N4O4S. The Labute approximate surface area is 181 Å². The fourth-order valence-corrected chi connectivity index (χ4v) is 6.44. The molecule has 164 valence electrons. The minimum atomic E-state index is -3.61. The summed E-state index contributed by atoms with van der Waals surface area (Å²) in [5.41, 5.74) is 2.12. The molecule has 0 bridgehead atoms. The van der Waals surface area contributed by atoms with Crippen LogP contribution in [0.15, 0.2) is 39.9 Å². The van der Waals surface area contributed by atoms with Gasteiger partial charge >= 0.3 is 0 Å². The fraction of sp³-hybridized carbons (Fsp3) is 0.455. The number of pyridine rings is 1. The van der Waals surface area contributed by atoms with E-state index in [2.05, 4.69) is 16.0 Å². The van der Waals surface area contributed by atoms with Crippen molar-refractivity contribution in [1.82, 2.24) is 19.2 Å². The Hall–Kier alpha value is -2.65. The zero-order valence-electron chi connectivity index (χ0n) is 17.5. The highest BCUT2D eigenvalue weighted by Gasteiger charge is 2.33. The Balaban J connectivity index is 1.30. The number of hydrogen-bond donors (Lipinski definition) is 1. The average Bonchev–Trinajstić information content (AvgIpc) is 3.53. The van der Waals surface area contributed by atoms with Crippen molar-refractivity contribution in [3.63, 3.8) is 0 Å². The first kappa shape index (κ1) is 20.3. The molecule has 2 fully saturated rings. The van der Waals surface area contributed by atoms with Crippen LogP contribution < -0.4 is 0 Å². The highest BCUT2D eigenvalue weighted by Crippen LogP contribution is 2.33. The lowest BCUT2D eigenvalue weighted by Gasteiger charge is -2.31. The van der Waals surface area contributed by atoms with Crippen LogP contribution in [0.4, 0.5) is 0 Å². The topological polar surface area (TPSA) is 99.5 Å². The number of furan rings is 1. The Morgan fingerprint density at radius 3 is 2.68 bits per heavy atom. The molecule has 0 aromatic carbocycles. The molecular weight excluding hydrogens is 416 g/mol. The Bertz CT molecular complexity index is 1220. The van der Waals surface area contributed by atoms with Gasteiger partial charge in [-0.3, -0.25) is 4.79 Å². The SMILES string of the molecule is Cc1oc(C(=O)N2CCC(c3c[nH]c4ncccc34)CC2)cc1S(=O)(=O)N1CCCC1. The largest absolute Gasteiger partial charge is 0.455 e. The molecule has 0 radical (unpaired) electrons. The van der Waals surface area contributed by atoms with Gasteiger partial charge in [-0.15, -0.1) is 0 Å². The van der Waals surface area contributed by atoms with Crippen LogP contribution in [0.5, 0.6) is 0 Å². The van der Waals surface area contributed by atoms with E-state index in [1.54, 1.807) is 18.0 Å². The monoisotopic (exact) mass is 442 g/mol. The van der Waals surface area contributed by atoms with Gasteiger partial charge in [0, 0.05) is 50.0 Å². The van der Waals surface area contributed by atoms with Gasteiger partial charge in [0.15, 0.2) is 5.76 Å². The highest BCUT2D eigenvalue weighted by molar-refractivity contribution is 7.89. The van der Waals surface area contributed by atoms with Gasteiger partial charge < -0.3 is 14.3 Å². The summed E-state index contributed by atoms with van der Waals surface area (Å²) in [6.07, 6.45) is 7.20. The number of nitrogens with zero attached hydrogens (tertiary/aromatic N) is 3. The standard InChI is InChI=1S/C22H26N4O4S/c1-15-20(31(28,29)26-9-2-3-10-26)13-19(30-15)22(27)25-11-6-16(7-12-25)18-14-24-21-17(18)5-4-8-23-21/h4-5,8,13-14,16H,2-3,6-7,9-12H2,1H3,(H,23,24). The van der Waals surface area contributed by atoms with Gasteiger partial charge in [0.1, 0.15) is 16.3 Å². The number of sulfonamides is 1. The van der Waals surface area contributed by atoms with Crippen molar-refractivity contribution in [1.29, 1.82) is 0 Å². The van der Waals surface area contributed by atoms with Crippen LogP contribution in [-0.2, 0) is 10.0 Å². The van der Waals surface area contributed by atoms with Crippen molar-refractivity contribution >= 4 is 27.0 Å². The number of aryl methyl sites for hydroxylation is 1. The van der Waals surface area contributed by atoms with E-state index in [-0.39, 0.29) is 22.3 Å². The van der Waals surface area contributed by atoms with Crippen molar-refractivity contribution in [2.24, 2.45) is 0 Å². The van der Waals surface area contributed by atoms with Gasteiger partial charge in [0.2, 0.25) is 10.0 Å². The number of piperidine rings is 1. The lowest BCUT2D eigenvalue weighted by Crippen LogP contribution is -2.37. The normalized spacial score (nSPS) is 18.8. The van der Waals surface area contributed by atoms with Gasteiger partial charge in [-0.1, -0.05) is 0 Å². The predicted molar refractivity (Wildman–Crippen MR) is 115 cm³/mol. The fourth-order valence-electron chi connectivity index (χ4n) is 4.76. The zero-order valence-corrected chi connectivity index (χ0v) is 18.3.